The molecule has 29 heavy (non-hydrogen) atoms. The fraction of sp³-hybridized carbons (Fsp3) is 0.227. The number of rotatable bonds is 9. The van der Waals surface area contributed by atoms with E-state index in [4.69, 9.17) is 4.98 Å². The summed E-state index contributed by atoms with van der Waals surface area (Å²) in [6.07, 6.45) is 0.873. The molecule has 0 unspecified atom stereocenters. The Morgan fingerprint density at radius 2 is 1.97 bits per heavy atom. The van der Waals surface area contributed by atoms with Gasteiger partial charge < -0.3 is 15.6 Å². The highest BCUT2D eigenvalue weighted by atomic mass is 32.1. The Balaban J connectivity index is 1.23. The molecule has 4 rings (SSSR count). The minimum Gasteiger partial charge on any atom is -0.378 e. The van der Waals surface area contributed by atoms with E-state index in [1.165, 1.54) is 0 Å². The predicted octanol–water partition coefficient (Wildman–Crippen LogP) is 3.82. The second kappa shape index (κ2) is 8.98. The van der Waals surface area contributed by atoms with E-state index in [0.717, 1.165) is 57.6 Å². The third-order valence-electron chi connectivity index (χ3n) is 4.54. The number of benzene rings is 1. The van der Waals surface area contributed by atoms with E-state index in [-0.39, 0.29) is 0 Å². The standard InChI is InChI=1S/C22H24N6S/c1-15-6-5-7-17(25-15)12-24-16(2)20-14-29-22(28-20)10-11-23-13-21-26-18-8-3-4-9-19(18)27-21/h3-9,14,23-24H,2,10-13H2,1H3,(H,26,27). The summed E-state index contributed by atoms with van der Waals surface area (Å²) in [5.74, 6) is 0.952. The predicted molar refractivity (Wildman–Crippen MR) is 118 cm³/mol. The van der Waals surface area contributed by atoms with Crippen molar-refractivity contribution in [3.63, 3.8) is 0 Å². The molecule has 3 heterocycles. The molecule has 0 atom stereocenters. The molecule has 0 saturated carbocycles. The van der Waals surface area contributed by atoms with Crippen molar-refractivity contribution in [1.82, 2.24) is 30.6 Å². The molecule has 0 amide bonds. The van der Waals surface area contributed by atoms with Crippen LogP contribution in [0.25, 0.3) is 16.7 Å². The first kappa shape index (κ1) is 19.3. The number of fused-ring (bicyclic) bond motifs is 1. The van der Waals surface area contributed by atoms with Crippen molar-refractivity contribution in [1.29, 1.82) is 0 Å². The molecule has 3 aromatic heterocycles. The lowest BCUT2D eigenvalue weighted by Crippen LogP contribution is -2.17. The summed E-state index contributed by atoms with van der Waals surface area (Å²) in [7, 11) is 0. The molecule has 0 spiro atoms. The Morgan fingerprint density at radius 3 is 2.83 bits per heavy atom. The molecule has 0 bridgehead atoms. The quantitative estimate of drug-likeness (QED) is 0.370. The fourth-order valence-corrected chi connectivity index (χ4v) is 3.86. The number of nitrogens with zero attached hydrogens (tertiary/aromatic N) is 3. The van der Waals surface area contributed by atoms with Gasteiger partial charge in [-0.1, -0.05) is 24.8 Å². The molecule has 3 N–H and O–H groups in total. The molecule has 0 radical (unpaired) electrons. The zero-order valence-corrected chi connectivity index (χ0v) is 17.2. The second-order valence-electron chi connectivity index (χ2n) is 6.86. The summed E-state index contributed by atoms with van der Waals surface area (Å²) >= 11 is 1.66. The van der Waals surface area contributed by atoms with Gasteiger partial charge in [-0.3, -0.25) is 4.98 Å². The molecule has 0 aliphatic carbocycles. The highest BCUT2D eigenvalue weighted by molar-refractivity contribution is 7.09. The Hall–Kier alpha value is -3.03. The van der Waals surface area contributed by atoms with Crippen LogP contribution in [-0.4, -0.2) is 26.5 Å². The Morgan fingerprint density at radius 1 is 1.07 bits per heavy atom. The Kier molecular flexibility index (Phi) is 5.97. The highest BCUT2D eigenvalue weighted by Crippen LogP contribution is 2.16. The number of imidazole rings is 1. The first-order valence-electron chi connectivity index (χ1n) is 9.62. The lowest BCUT2D eigenvalue weighted by atomic mass is 10.3. The van der Waals surface area contributed by atoms with E-state index < -0.39 is 0 Å². The molecular weight excluding hydrogens is 380 g/mol. The zero-order valence-electron chi connectivity index (χ0n) is 16.4. The molecular formula is C22H24N6S. The van der Waals surface area contributed by atoms with Crippen LogP contribution >= 0.6 is 11.3 Å². The second-order valence-corrected chi connectivity index (χ2v) is 7.80. The number of pyridine rings is 1. The topological polar surface area (TPSA) is 78.5 Å². The number of aromatic amines is 1. The minimum atomic E-state index is 0.645. The maximum absolute atomic E-state index is 4.69. The Bertz CT molecular complexity index is 1080. The van der Waals surface area contributed by atoms with Crippen LogP contribution in [0.3, 0.4) is 0 Å². The van der Waals surface area contributed by atoms with E-state index >= 15 is 0 Å². The van der Waals surface area contributed by atoms with Crippen molar-refractivity contribution in [2.45, 2.75) is 26.4 Å². The van der Waals surface area contributed by atoms with E-state index in [2.05, 4.69) is 32.2 Å². The van der Waals surface area contributed by atoms with Crippen molar-refractivity contribution in [2.75, 3.05) is 6.54 Å². The van der Waals surface area contributed by atoms with Crippen molar-refractivity contribution < 1.29 is 0 Å². The molecule has 0 saturated heterocycles. The number of para-hydroxylation sites is 2. The van der Waals surface area contributed by atoms with E-state index in [1.807, 2.05) is 54.8 Å². The molecule has 7 heteroatoms. The van der Waals surface area contributed by atoms with Crippen LogP contribution in [0, 0.1) is 6.92 Å². The van der Waals surface area contributed by atoms with Crippen molar-refractivity contribution in [2.24, 2.45) is 0 Å². The third kappa shape index (κ3) is 5.07. The number of thiazole rings is 1. The normalized spacial score (nSPS) is 11.1. The third-order valence-corrected chi connectivity index (χ3v) is 5.44. The summed E-state index contributed by atoms with van der Waals surface area (Å²) in [5.41, 5.74) is 5.81. The first-order valence-corrected chi connectivity index (χ1v) is 10.5. The largest absolute Gasteiger partial charge is 0.378 e. The van der Waals surface area contributed by atoms with Crippen LogP contribution in [0.15, 0.2) is 54.4 Å². The van der Waals surface area contributed by atoms with Gasteiger partial charge in [-0.05, 0) is 31.2 Å². The lowest BCUT2D eigenvalue weighted by molar-refractivity contribution is 0.665. The van der Waals surface area contributed by atoms with Gasteiger partial charge in [-0.2, -0.15) is 0 Å². The van der Waals surface area contributed by atoms with Gasteiger partial charge in [0.2, 0.25) is 0 Å². The maximum atomic E-state index is 4.69. The SMILES string of the molecule is C=C(NCc1cccc(C)n1)c1csc(CCNCc2nc3ccccc3[nH]2)n1. The number of aromatic nitrogens is 4. The molecule has 0 aliphatic heterocycles. The maximum Gasteiger partial charge on any atom is 0.121 e. The minimum absolute atomic E-state index is 0.645. The molecule has 0 aliphatic rings. The van der Waals surface area contributed by atoms with Crippen LogP contribution in [-0.2, 0) is 19.5 Å². The van der Waals surface area contributed by atoms with Crippen LogP contribution in [0.4, 0.5) is 0 Å². The van der Waals surface area contributed by atoms with Gasteiger partial charge >= 0.3 is 0 Å². The van der Waals surface area contributed by atoms with Crippen molar-refractivity contribution in [3.8, 4) is 0 Å². The first-order chi connectivity index (χ1) is 14.2. The van der Waals surface area contributed by atoms with E-state index in [9.17, 15) is 0 Å². The smallest absolute Gasteiger partial charge is 0.121 e. The van der Waals surface area contributed by atoms with Gasteiger partial charge in [0, 0.05) is 24.0 Å². The van der Waals surface area contributed by atoms with Crippen LogP contribution in [0.2, 0.25) is 0 Å². The lowest BCUT2D eigenvalue weighted by Gasteiger charge is -2.07. The van der Waals surface area contributed by atoms with E-state index in [1.54, 1.807) is 11.3 Å². The number of aryl methyl sites for hydroxylation is 1. The summed E-state index contributed by atoms with van der Waals surface area (Å²) in [6, 6.07) is 14.1. The molecule has 4 aromatic rings. The Labute approximate surface area is 174 Å². The van der Waals surface area contributed by atoms with Gasteiger partial charge in [-0.25, -0.2) is 9.97 Å². The number of hydrogen-bond acceptors (Lipinski definition) is 6. The monoisotopic (exact) mass is 404 g/mol. The fourth-order valence-electron chi connectivity index (χ4n) is 3.04. The summed E-state index contributed by atoms with van der Waals surface area (Å²) in [5, 5.41) is 9.89. The van der Waals surface area contributed by atoms with E-state index in [0.29, 0.717) is 13.1 Å². The van der Waals surface area contributed by atoms with Crippen LogP contribution in [0.1, 0.15) is 27.9 Å². The molecule has 1 aromatic carbocycles. The van der Waals surface area contributed by atoms with Crippen LogP contribution in [0.5, 0.6) is 0 Å². The number of H-pyrrole nitrogens is 1. The number of nitrogens with one attached hydrogen (secondary N) is 3. The van der Waals surface area contributed by atoms with Gasteiger partial charge in [0.1, 0.15) is 5.82 Å². The average Bonchev–Trinajstić information content (AvgIpc) is 3.36. The van der Waals surface area contributed by atoms with Crippen LogP contribution < -0.4 is 10.6 Å². The van der Waals surface area contributed by atoms with Gasteiger partial charge in [0.25, 0.3) is 0 Å². The van der Waals surface area contributed by atoms with Gasteiger partial charge in [0.05, 0.1) is 46.2 Å². The van der Waals surface area contributed by atoms with Gasteiger partial charge in [-0.15, -0.1) is 11.3 Å². The zero-order chi connectivity index (χ0) is 20.1. The average molecular weight is 405 g/mol. The highest BCUT2D eigenvalue weighted by Gasteiger charge is 2.07. The molecule has 6 nitrogen and oxygen atoms in total. The number of hydrogen-bond donors (Lipinski definition) is 3. The van der Waals surface area contributed by atoms with Crippen molar-refractivity contribution in [3.05, 3.63) is 82.3 Å². The van der Waals surface area contributed by atoms with Gasteiger partial charge in [0.15, 0.2) is 0 Å². The van der Waals surface area contributed by atoms with Crippen molar-refractivity contribution >= 4 is 28.1 Å². The molecule has 148 valence electrons. The summed E-state index contributed by atoms with van der Waals surface area (Å²) in [6.45, 7) is 8.31. The summed E-state index contributed by atoms with van der Waals surface area (Å²) in [4.78, 5) is 17.1. The molecule has 0 fully saturated rings. The summed E-state index contributed by atoms with van der Waals surface area (Å²) < 4.78 is 0.